The lowest BCUT2D eigenvalue weighted by Crippen LogP contribution is -2.50. The van der Waals surface area contributed by atoms with Gasteiger partial charge in [-0.25, -0.2) is 0 Å². The van der Waals surface area contributed by atoms with E-state index in [1.165, 1.54) is 12.2 Å². The van der Waals surface area contributed by atoms with E-state index >= 15 is 0 Å². The summed E-state index contributed by atoms with van der Waals surface area (Å²) in [5.74, 6) is 0.205. The van der Waals surface area contributed by atoms with E-state index in [4.69, 9.17) is 9.84 Å². The van der Waals surface area contributed by atoms with Crippen LogP contribution in [0.25, 0.3) is 0 Å². The quantitative estimate of drug-likeness (QED) is 0.590. The summed E-state index contributed by atoms with van der Waals surface area (Å²) in [4.78, 5) is 11.7. The number of nitrogens with one attached hydrogen (secondary N) is 1. The average Bonchev–Trinajstić information content (AvgIpc) is 2.33. The lowest BCUT2D eigenvalue weighted by molar-refractivity contribution is -0.123. The maximum Gasteiger partial charge on any atom is 0.244 e. The summed E-state index contributed by atoms with van der Waals surface area (Å²) in [6, 6.07) is 0.0159. The molecule has 0 saturated carbocycles. The molecule has 0 aromatic heterocycles. The Morgan fingerprint density at radius 3 is 2.84 bits per heavy atom. The van der Waals surface area contributed by atoms with Crippen LogP contribution < -0.4 is 5.32 Å². The first kappa shape index (κ1) is 15.9. The van der Waals surface area contributed by atoms with E-state index in [0.29, 0.717) is 5.92 Å². The molecule has 1 aliphatic rings. The number of hydrogen-bond acceptors (Lipinski definition) is 3. The zero-order valence-electron chi connectivity index (χ0n) is 12.0. The molecule has 108 valence electrons. The van der Waals surface area contributed by atoms with Crippen LogP contribution >= 0.6 is 0 Å². The molecule has 1 saturated heterocycles. The van der Waals surface area contributed by atoms with Crippen molar-refractivity contribution in [3.8, 4) is 0 Å². The number of amides is 1. The first-order valence-electron chi connectivity index (χ1n) is 6.87. The van der Waals surface area contributed by atoms with Crippen LogP contribution in [0.4, 0.5) is 0 Å². The molecule has 0 spiro atoms. The fourth-order valence-electron chi connectivity index (χ4n) is 2.33. The van der Waals surface area contributed by atoms with Gasteiger partial charge in [-0.2, -0.15) is 0 Å². The Bertz CT molecular complexity index is 338. The maximum absolute atomic E-state index is 11.7. The number of ether oxygens (including phenoxy) is 1. The van der Waals surface area contributed by atoms with E-state index < -0.39 is 6.10 Å². The SMILES string of the molecule is C=CC[C@@H]1O[C@H](C)[C@H](NC(=O)/C=C\[C@H](C)O)C[C@H]1C. The van der Waals surface area contributed by atoms with Crippen molar-refractivity contribution in [3.05, 3.63) is 24.8 Å². The molecule has 0 radical (unpaired) electrons. The van der Waals surface area contributed by atoms with Crippen molar-refractivity contribution in [1.29, 1.82) is 0 Å². The molecule has 0 aliphatic carbocycles. The number of hydrogen-bond donors (Lipinski definition) is 2. The highest BCUT2D eigenvalue weighted by atomic mass is 16.5. The van der Waals surface area contributed by atoms with Crippen LogP contribution in [-0.4, -0.2) is 35.4 Å². The smallest absolute Gasteiger partial charge is 0.244 e. The number of aliphatic hydroxyl groups is 1. The van der Waals surface area contributed by atoms with Gasteiger partial charge in [-0.05, 0) is 32.6 Å². The Balaban J connectivity index is 2.51. The molecule has 1 fully saturated rings. The highest BCUT2D eigenvalue weighted by Gasteiger charge is 2.33. The summed E-state index contributed by atoms with van der Waals surface area (Å²) in [5.41, 5.74) is 0. The molecule has 1 amide bonds. The fraction of sp³-hybridized carbons (Fsp3) is 0.667. The molecule has 19 heavy (non-hydrogen) atoms. The van der Waals surface area contributed by atoms with Crippen LogP contribution in [0.3, 0.4) is 0 Å². The van der Waals surface area contributed by atoms with Gasteiger partial charge >= 0.3 is 0 Å². The molecule has 4 nitrogen and oxygen atoms in total. The molecule has 0 aromatic rings. The summed E-state index contributed by atoms with van der Waals surface area (Å²) in [6.45, 7) is 9.46. The molecular weight excluding hydrogens is 242 g/mol. The summed E-state index contributed by atoms with van der Waals surface area (Å²) >= 11 is 0. The van der Waals surface area contributed by atoms with Gasteiger partial charge in [0, 0.05) is 6.08 Å². The molecule has 5 atom stereocenters. The summed E-state index contributed by atoms with van der Waals surface area (Å²) < 4.78 is 5.92. The van der Waals surface area contributed by atoms with E-state index in [9.17, 15) is 4.79 Å². The van der Waals surface area contributed by atoms with Gasteiger partial charge in [-0.15, -0.1) is 6.58 Å². The van der Waals surface area contributed by atoms with Crippen LogP contribution in [-0.2, 0) is 9.53 Å². The Hall–Kier alpha value is -1.13. The van der Waals surface area contributed by atoms with Crippen LogP contribution in [0, 0.1) is 5.92 Å². The van der Waals surface area contributed by atoms with Gasteiger partial charge in [-0.3, -0.25) is 4.79 Å². The van der Waals surface area contributed by atoms with Crippen LogP contribution in [0.5, 0.6) is 0 Å². The first-order chi connectivity index (χ1) is 8.93. The standard InChI is InChI=1S/C15H25NO3/c1-5-6-14-10(2)9-13(12(4)19-14)16-15(18)8-7-11(3)17/h5,7-8,10-14,17H,1,6,9H2,2-4H3,(H,16,18)/b8-7-/t10-,11+,12-,13-,14+/m1/s1. The Kier molecular flexibility index (Phi) is 6.25. The van der Waals surface area contributed by atoms with Crippen molar-refractivity contribution < 1.29 is 14.6 Å². The number of aliphatic hydroxyl groups excluding tert-OH is 1. The summed E-state index contributed by atoms with van der Waals surface area (Å²) in [7, 11) is 0. The van der Waals surface area contributed by atoms with Crippen LogP contribution in [0.2, 0.25) is 0 Å². The molecule has 0 bridgehead atoms. The van der Waals surface area contributed by atoms with Crippen molar-refractivity contribution >= 4 is 5.91 Å². The minimum absolute atomic E-state index is 0.00921. The highest BCUT2D eigenvalue weighted by Crippen LogP contribution is 2.27. The van der Waals surface area contributed by atoms with Gasteiger partial charge in [0.25, 0.3) is 0 Å². The lowest BCUT2D eigenvalue weighted by atomic mass is 9.88. The first-order valence-corrected chi connectivity index (χ1v) is 6.87. The third-order valence-corrected chi connectivity index (χ3v) is 3.47. The molecule has 1 heterocycles. The van der Waals surface area contributed by atoms with Crippen molar-refractivity contribution in [2.75, 3.05) is 0 Å². The van der Waals surface area contributed by atoms with E-state index in [2.05, 4.69) is 18.8 Å². The second kappa shape index (κ2) is 7.46. The van der Waals surface area contributed by atoms with E-state index in [1.54, 1.807) is 6.92 Å². The zero-order chi connectivity index (χ0) is 14.4. The lowest BCUT2D eigenvalue weighted by Gasteiger charge is -2.39. The minimum atomic E-state index is -0.610. The Labute approximate surface area is 115 Å². The normalized spacial score (nSPS) is 33.1. The highest BCUT2D eigenvalue weighted by molar-refractivity contribution is 5.87. The van der Waals surface area contributed by atoms with Gasteiger partial charge in [0.1, 0.15) is 0 Å². The van der Waals surface area contributed by atoms with Crippen molar-refractivity contribution in [2.24, 2.45) is 5.92 Å². The monoisotopic (exact) mass is 267 g/mol. The van der Waals surface area contributed by atoms with Crippen molar-refractivity contribution in [1.82, 2.24) is 5.32 Å². The Morgan fingerprint density at radius 2 is 2.26 bits per heavy atom. The molecule has 0 unspecified atom stereocenters. The van der Waals surface area contributed by atoms with Gasteiger partial charge in [-0.1, -0.05) is 19.1 Å². The molecule has 2 N–H and O–H groups in total. The largest absolute Gasteiger partial charge is 0.389 e. The summed E-state index contributed by atoms with van der Waals surface area (Å²) in [6.07, 6.45) is 6.02. The van der Waals surface area contributed by atoms with Crippen LogP contribution in [0.15, 0.2) is 24.8 Å². The molecule has 0 aromatic carbocycles. The van der Waals surface area contributed by atoms with Crippen molar-refractivity contribution in [2.45, 2.75) is 58.0 Å². The average molecular weight is 267 g/mol. The maximum atomic E-state index is 11.7. The third kappa shape index (κ3) is 5.17. The number of carbonyl (C=O) groups is 1. The third-order valence-electron chi connectivity index (χ3n) is 3.47. The zero-order valence-corrected chi connectivity index (χ0v) is 12.0. The van der Waals surface area contributed by atoms with Gasteiger partial charge in [0.15, 0.2) is 0 Å². The van der Waals surface area contributed by atoms with Crippen molar-refractivity contribution in [3.63, 3.8) is 0 Å². The van der Waals surface area contributed by atoms with Gasteiger partial charge in [0.05, 0.1) is 24.4 Å². The minimum Gasteiger partial charge on any atom is -0.389 e. The van der Waals surface area contributed by atoms with Gasteiger partial charge < -0.3 is 15.2 Å². The fourth-order valence-corrected chi connectivity index (χ4v) is 2.33. The van der Waals surface area contributed by atoms with E-state index in [0.717, 1.165) is 12.8 Å². The summed E-state index contributed by atoms with van der Waals surface area (Å²) in [5, 5.41) is 12.0. The second-order valence-corrected chi connectivity index (χ2v) is 5.33. The molecule has 1 aliphatic heterocycles. The van der Waals surface area contributed by atoms with E-state index in [1.807, 2.05) is 13.0 Å². The van der Waals surface area contributed by atoms with E-state index in [-0.39, 0.29) is 24.2 Å². The predicted molar refractivity (Wildman–Crippen MR) is 75.7 cm³/mol. The number of carbonyl (C=O) groups excluding carboxylic acids is 1. The topological polar surface area (TPSA) is 58.6 Å². The number of rotatable bonds is 5. The molecular formula is C15H25NO3. The Morgan fingerprint density at radius 1 is 1.58 bits per heavy atom. The predicted octanol–water partition coefficient (Wildman–Crippen LogP) is 1.80. The second-order valence-electron chi connectivity index (χ2n) is 5.33. The molecule has 4 heteroatoms. The van der Waals surface area contributed by atoms with Gasteiger partial charge in [0.2, 0.25) is 5.91 Å². The molecule has 1 rings (SSSR count). The van der Waals surface area contributed by atoms with Crippen LogP contribution in [0.1, 0.15) is 33.6 Å².